The molecule has 0 atom stereocenters. The molecule has 6 nitrogen and oxygen atoms in total. The molecule has 0 bridgehead atoms. The molecule has 0 aromatic heterocycles. The molecule has 0 fully saturated rings. The predicted molar refractivity (Wildman–Crippen MR) is 121 cm³/mol. The third kappa shape index (κ3) is 6.08. The Morgan fingerprint density at radius 3 is 2.10 bits per heavy atom. The van der Waals surface area contributed by atoms with Gasteiger partial charge in [0, 0.05) is 12.0 Å². The summed E-state index contributed by atoms with van der Waals surface area (Å²) in [6.45, 7) is 11.2. The van der Waals surface area contributed by atoms with Gasteiger partial charge in [-0.05, 0) is 33.9 Å². The Labute approximate surface area is 185 Å². The van der Waals surface area contributed by atoms with E-state index < -0.39 is 26.9 Å². The number of aryl methyl sites for hydroxylation is 1. The Hall–Kier alpha value is -2.38. The predicted octanol–water partition coefficient (Wildman–Crippen LogP) is 4.31. The number of primary amides is 1. The molecule has 170 valence electrons. The maximum atomic E-state index is 13.4. The van der Waals surface area contributed by atoms with E-state index in [-0.39, 0.29) is 35.7 Å². The summed E-state index contributed by atoms with van der Waals surface area (Å²) in [5.41, 5.74) is 6.21. The number of aromatic hydroxyl groups is 1. The maximum Gasteiger partial charge on any atom is 0.298 e. The molecule has 0 saturated carbocycles. The smallest absolute Gasteiger partial charge is 0.298 e. The van der Waals surface area contributed by atoms with Gasteiger partial charge in [-0.3, -0.25) is 8.98 Å². The molecule has 3 N–H and O–H groups in total. The molecule has 31 heavy (non-hydrogen) atoms. The van der Waals surface area contributed by atoms with Crippen molar-refractivity contribution >= 4 is 16.0 Å². The van der Waals surface area contributed by atoms with Crippen LogP contribution in [-0.4, -0.2) is 19.4 Å². The first kappa shape index (κ1) is 24.9. The first-order chi connectivity index (χ1) is 14.1. The number of rotatable bonds is 7. The van der Waals surface area contributed by atoms with Crippen LogP contribution in [0.3, 0.4) is 0 Å². The van der Waals surface area contributed by atoms with Crippen LogP contribution in [-0.2, 0) is 43.0 Å². The van der Waals surface area contributed by atoms with Gasteiger partial charge in [0.15, 0.2) is 0 Å². The SMILES string of the molecule is CC(C)(C)c1cc(CCC(N)=O)c(S(=O)(=O)OCc2ccccc2)c(C(C)(C)C)c1O. The molecule has 0 aliphatic carbocycles. The third-order valence-corrected chi connectivity index (χ3v) is 6.40. The highest BCUT2D eigenvalue weighted by Gasteiger charge is 2.36. The van der Waals surface area contributed by atoms with Crippen LogP contribution < -0.4 is 5.73 Å². The quantitative estimate of drug-likeness (QED) is 0.615. The van der Waals surface area contributed by atoms with Crippen molar-refractivity contribution in [3.05, 3.63) is 58.7 Å². The maximum absolute atomic E-state index is 13.4. The van der Waals surface area contributed by atoms with Crippen LogP contribution in [0.1, 0.15) is 70.2 Å². The van der Waals surface area contributed by atoms with E-state index in [1.807, 2.05) is 47.6 Å². The largest absolute Gasteiger partial charge is 0.507 e. The highest BCUT2D eigenvalue weighted by Crippen LogP contribution is 2.45. The zero-order valence-electron chi connectivity index (χ0n) is 19.2. The zero-order valence-corrected chi connectivity index (χ0v) is 20.0. The Bertz CT molecular complexity index is 1050. The van der Waals surface area contributed by atoms with Crippen LogP contribution in [0.4, 0.5) is 0 Å². The lowest BCUT2D eigenvalue weighted by molar-refractivity contribution is -0.118. The lowest BCUT2D eigenvalue weighted by atomic mass is 9.78. The van der Waals surface area contributed by atoms with E-state index in [1.54, 1.807) is 30.3 Å². The second kappa shape index (κ2) is 9.01. The van der Waals surface area contributed by atoms with Gasteiger partial charge in [0.05, 0.1) is 6.61 Å². The highest BCUT2D eigenvalue weighted by molar-refractivity contribution is 7.86. The number of phenols is 1. The van der Waals surface area contributed by atoms with Crippen molar-refractivity contribution in [1.82, 2.24) is 0 Å². The molecule has 0 unspecified atom stereocenters. The summed E-state index contributed by atoms with van der Waals surface area (Å²) >= 11 is 0. The van der Waals surface area contributed by atoms with E-state index in [0.717, 1.165) is 0 Å². The number of phenolic OH excluding ortho intramolecular Hbond substituents is 1. The van der Waals surface area contributed by atoms with E-state index in [4.69, 9.17) is 9.92 Å². The molecule has 2 rings (SSSR count). The van der Waals surface area contributed by atoms with Gasteiger partial charge in [-0.25, -0.2) is 0 Å². The number of carbonyl (C=O) groups is 1. The van der Waals surface area contributed by atoms with Gasteiger partial charge in [-0.2, -0.15) is 8.42 Å². The zero-order chi connectivity index (χ0) is 23.6. The summed E-state index contributed by atoms with van der Waals surface area (Å²) in [7, 11) is -4.25. The number of hydrogen-bond donors (Lipinski definition) is 2. The molecule has 2 aromatic carbocycles. The van der Waals surface area contributed by atoms with Crippen LogP contribution in [0, 0.1) is 0 Å². The van der Waals surface area contributed by atoms with Gasteiger partial charge in [0.25, 0.3) is 10.1 Å². The van der Waals surface area contributed by atoms with Crippen LogP contribution in [0.25, 0.3) is 0 Å². The Kier molecular flexibility index (Phi) is 7.23. The van der Waals surface area contributed by atoms with Crippen LogP contribution in [0.2, 0.25) is 0 Å². The van der Waals surface area contributed by atoms with Gasteiger partial charge in [0.2, 0.25) is 5.91 Å². The lowest BCUT2D eigenvalue weighted by Crippen LogP contribution is -2.24. The van der Waals surface area contributed by atoms with Crippen molar-refractivity contribution in [2.45, 2.75) is 76.7 Å². The number of carbonyl (C=O) groups excluding carboxylic acids is 1. The molecule has 2 aromatic rings. The fourth-order valence-corrected chi connectivity index (χ4v) is 5.03. The molecule has 7 heteroatoms. The standard InChI is InChI=1S/C24H33NO5S/c1-23(2,3)18-14-17(12-13-19(25)26)22(20(21(18)27)24(4,5)6)31(28,29)30-15-16-10-8-7-9-11-16/h7-11,14,27H,12-13,15H2,1-6H3,(H2,25,26). The van der Waals surface area contributed by atoms with E-state index in [9.17, 15) is 18.3 Å². The summed E-state index contributed by atoms with van der Waals surface area (Å²) < 4.78 is 32.2. The monoisotopic (exact) mass is 447 g/mol. The van der Waals surface area contributed by atoms with Gasteiger partial charge in [-0.15, -0.1) is 0 Å². The molecule has 0 heterocycles. The second-order valence-corrected chi connectivity index (χ2v) is 11.4. The van der Waals surface area contributed by atoms with E-state index in [0.29, 0.717) is 16.7 Å². The average Bonchev–Trinajstić information content (AvgIpc) is 2.63. The summed E-state index contributed by atoms with van der Waals surface area (Å²) in [5.74, 6) is -0.596. The molecular weight excluding hydrogens is 414 g/mol. The summed E-state index contributed by atoms with van der Waals surface area (Å²) in [6, 6.07) is 10.6. The molecule has 0 spiro atoms. The molecule has 0 saturated heterocycles. The van der Waals surface area contributed by atoms with E-state index in [2.05, 4.69) is 0 Å². The van der Waals surface area contributed by atoms with Crippen molar-refractivity contribution in [3.63, 3.8) is 0 Å². The normalized spacial score (nSPS) is 12.7. The minimum absolute atomic E-state index is 0.0147. The number of nitrogens with two attached hydrogens (primary N) is 1. The van der Waals surface area contributed by atoms with Crippen LogP contribution in [0.5, 0.6) is 5.75 Å². The number of hydrogen-bond acceptors (Lipinski definition) is 5. The van der Waals surface area contributed by atoms with Crippen LogP contribution >= 0.6 is 0 Å². The fraction of sp³-hybridized carbons (Fsp3) is 0.458. The van der Waals surface area contributed by atoms with Crippen molar-refractivity contribution in [3.8, 4) is 5.75 Å². The van der Waals surface area contributed by atoms with Crippen molar-refractivity contribution in [1.29, 1.82) is 0 Å². The Morgan fingerprint density at radius 1 is 1.03 bits per heavy atom. The topological polar surface area (TPSA) is 107 Å². The number of benzene rings is 2. The van der Waals surface area contributed by atoms with Crippen molar-refractivity contribution < 1.29 is 22.5 Å². The summed E-state index contributed by atoms with van der Waals surface area (Å²) in [4.78, 5) is 11.4. The second-order valence-electron chi connectivity index (χ2n) is 9.80. The summed E-state index contributed by atoms with van der Waals surface area (Å²) in [5, 5.41) is 11.2. The van der Waals surface area contributed by atoms with E-state index >= 15 is 0 Å². The summed E-state index contributed by atoms with van der Waals surface area (Å²) in [6.07, 6.45) is 0.115. The van der Waals surface area contributed by atoms with Gasteiger partial charge in [0.1, 0.15) is 10.6 Å². The molecule has 0 aliphatic rings. The highest BCUT2D eigenvalue weighted by atomic mass is 32.2. The molecule has 1 amide bonds. The first-order valence-electron chi connectivity index (χ1n) is 10.3. The average molecular weight is 448 g/mol. The van der Waals surface area contributed by atoms with Gasteiger partial charge < -0.3 is 10.8 Å². The number of amides is 1. The minimum atomic E-state index is -4.25. The minimum Gasteiger partial charge on any atom is -0.507 e. The molecule has 0 aliphatic heterocycles. The van der Waals surface area contributed by atoms with Crippen LogP contribution in [0.15, 0.2) is 41.3 Å². The fourth-order valence-electron chi connectivity index (χ4n) is 3.49. The Morgan fingerprint density at radius 2 is 1.61 bits per heavy atom. The lowest BCUT2D eigenvalue weighted by Gasteiger charge is -2.31. The van der Waals surface area contributed by atoms with Crippen molar-refractivity contribution in [2.75, 3.05) is 0 Å². The van der Waals surface area contributed by atoms with Gasteiger partial charge in [-0.1, -0.05) is 77.9 Å². The first-order valence-corrected chi connectivity index (χ1v) is 11.7. The molecule has 0 radical (unpaired) electrons. The Balaban J connectivity index is 2.74. The molecular formula is C24H33NO5S. The third-order valence-electron chi connectivity index (χ3n) is 5.00. The van der Waals surface area contributed by atoms with Crippen molar-refractivity contribution in [2.24, 2.45) is 5.73 Å². The van der Waals surface area contributed by atoms with E-state index in [1.165, 1.54) is 0 Å². The van der Waals surface area contributed by atoms with Gasteiger partial charge >= 0.3 is 0 Å².